The molecule has 0 saturated heterocycles. The highest BCUT2D eigenvalue weighted by Crippen LogP contribution is 2.27. The van der Waals surface area contributed by atoms with Crippen molar-refractivity contribution in [2.45, 2.75) is 19.4 Å². The van der Waals surface area contributed by atoms with Gasteiger partial charge in [-0.3, -0.25) is 14.3 Å². The Kier molecular flexibility index (Phi) is 6.34. The number of ether oxygens (including phenoxy) is 1. The van der Waals surface area contributed by atoms with Gasteiger partial charge in [-0.2, -0.15) is 0 Å². The predicted molar refractivity (Wildman–Crippen MR) is 139 cm³/mol. The number of hydrogen-bond donors (Lipinski definition) is 1. The summed E-state index contributed by atoms with van der Waals surface area (Å²) in [7, 11) is 0. The van der Waals surface area contributed by atoms with E-state index in [1.807, 2.05) is 78.9 Å². The molecule has 0 fully saturated rings. The van der Waals surface area contributed by atoms with Crippen LogP contribution in [0.1, 0.15) is 18.5 Å². The van der Waals surface area contributed by atoms with E-state index in [1.54, 1.807) is 12.3 Å². The monoisotopic (exact) mass is 447 g/mol. The van der Waals surface area contributed by atoms with Crippen LogP contribution < -0.4 is 10.7 Å². The quantitative estimate of drug-likeness (QED) is 0.474. The van der Waals surface area contributed by atoms with Crippen molar-refractivity contribution in [3.05, 3.63) is 131 Å². The van der Waals surface area contributed by atoms with E-state index in [0.29, 0.717) is 17.8 Å². The number of benzene rings is 1. The molecule has 2 aliphatic rings. The molecule has 2 aliphatic carbocycles. The first-order valence-corrected chi connectivity index (χ1v) is 11.3. The van der Waals surface area contributed by atoms with Gasteiger partial charge in [0, 0.05) is 30.1 Å². The number of nitrogens with one attached hydrogen (secondary N) is 1. The molecular weight excluding hydrogens is 422 g/mol. The van der Waals surface area contributed by atoms with Crippen molar-refractivity contribution in [1.82, 2.24) is 9.55 Å². The Balaban J connectivity index is 1.59. The molecule has 5 nitrogen and oxygen atoms in total. The lowest BCUT2D eigenvalue weighted by atomic mass is 10.1. The zero-order chi connectivity index (χ0) is 23.2. The van der Waals surface area contributed by atoms with Crippen molar-refractivity contribution in [2.24, 2.45) is 0 Å². The van der Waals surface area contributed by atoms with E-state index >= 15 is 0 Å². The predicted octanol–water partition coefficient (Wildman–Crippen LogP) is 6.41. The van der Waals surface area contributed by atoms with E-state index in [1.165, 1.54) is 0 Å². The lowest BCUT2D eigenvalue weighted by Crippen LogP contribution is -2.14. The second-order valence-corrected chi connectivity index (χ2v) is 8.01. The van der Waals surface area contributed by atoms with Gasteiger partial charge in [0.1, 0.15) is 18.2 Å². The Hall–Kier alpha value is -4.38. The number of aromatic nitrogens is 2. The summed E-state index contributed by atoms with van der Waals surface area (Å²) in [6.07, 6.45) is 23.5. The zero-order valence-corrected chi connectivity index (χ0v) is 18.7. The Labute approximate surface area is 198 Å². The van der Waals surface area contributed by atoms with Crippen LogP contribution in [-0.4, -0.2) is 9.55 Å². The highest BCUT2D eigenvalue weighted by Gasteiger charge is 2.14. The number of para-hydroxylation sites is 1. The molecule has 0 bridgehead atoms. The van der Waals surface area contributed by atoms with E-state index in [2.05, 4.69) is 33.1 Å². The zero-order valence-electron chi connectivity index (χ0n) is 18.7. The van der Waals surface area contributed by atoms with Gasteiger partial charge in [-0.05, 0) is 42.8 Å². The van der Waals surface area contributed by atoms with Crippen molar-refractivity contribution >= 4 is 28.1 Å². The van der Waals surface area contributed by atoms with Crippen LogP contribution in [0.3, 0.4) is 0 Å². The molecule has 0 saturated carbocycles. The van der Waals surface area contributed by atoms with Crippen molar-refractivity contribution in [2.75, 3.05) is 5.32 Å². The smallest absolute Gasteiger partial charge is 0.193 e. The summed E-state index contributed by atoms with van der Waals surface area (Å²) in [5, 5.41) is 4.00. The third-order valence-corrected chi connectivity index (χ3v) is 5.61. The maximum Gasteiger partial charge on any atom is 0.193 e. The molecule has 0 spiro atoms. The van der Waals surface area contributed by atoms with Crippen molar-refractivity contribution in [3.63, 3.8) is 0 Å². The van der Waals surface area contributed by atoms with Crippen LogP contribution in [0.5, 0.6) is 0 Å². The third kappa shape index (κ3) is 4.84. The number of anilines is 2. The Morgan fingerprint density at radius 2 is 1.88 bits per heavy atom. The Morgan fingerprint density at radius 1 is 1.00 bits per heavy atom. The van der Waals surface area contributed by atoms with Gasteiger partial charge in [0.2, 0.25) is 0 Å². The van der Waals surface area contributed by atoms with E-state index < -0.39 is 0 Å². The minimum Gasteiger partial charge on any atom is -0.488 e. The van der Waals surface area contributed by atoms with Crippen molar-refractivity contribution in [1.29, 1.82) is 0 Å². The lowest BCUT2D eigenvalue weighted by molar-refractivity contribution is 0.207. The molecular formula is C29H25N3O2. The molecule has 0 radical (unpaired) electrons. The average Bonchev–Trinajstić information content (AvgIpc) is 3.29. The Morgan fingerprint density at radius 3 is 2.79 bits per heavy atom. The van der Waals surface area contributed by atoms with Crippen LogP contribution in [0.15, 0.2) is 120 Å². The average molecular weight is 448 g/mol. The molecule has 168 valence electrons. The summed E-state index contributed by atoms with van der Waals surface area (Å²) < 4.78 is 8.09. The summed E-state index contributed by atoms with van der Waals surface area (Å²) in [6.45, 7) is 0.315. The first-order chi connectivity index (χ1) is 16.8. The summed E-state index contributed by atoms with van der Waals surface area (Å²) in [5.74, 6) is 1.52. The van der Waals surface area contributed by atoms with E-state index in [0.717, 1.165) is 41.2 Å². The largest absolute Gasteiger partial charge is 0.488 e. The van der Waals surface area contributed by atoms with E-state index in [4.69, 9.17) is 4.74 Å². The van der Waals surface area contributed by atoms with Gasteiger partial charge < -0.3 is 10.1 Å². The molecule has 34 heavy (non-hydrogen) atoms. The van der Waals surface area contributed by atoms with Gasteiger partial charge in [0.15, 0.2) is 5.43 Å². The molecule has 2 heterocycles. The van der Waals surface area contributed by atoms with Crippen LogP contribution in [0.4, 0.5) is 11.5 Å². The van der Waals surface area contributed by atoms with Crippen LogP contribution >= 0.6 is 0 Å². The van der Waals surface area contributed by atoms with Crippen LogP contribution in [0.2, 0.25) is 0 Å². The molecule has 2 aromatic heterocycles. The summed E-state index contributed by atoms with van der Waals surface area (Å²) in [6, 6.07) is 13.5. The highest BCUT2D eigenvalue weighted by atomic mass is 16.5. The molecule has 0 amide bonds. The lowest BCUT2D eigenvalue weighted by Gasteiger charge is -2.20. The number of pyridine rings is 2. The van der Waals surface area contributed by atoms with E-state index in [9.17, 15) is 4.79 Å². The fourth-order valence-electron chi connectivity index (χ4n) is 3.96. The van der Waals surface area contributed by atoms with Crippen molar-refractivity contribution in [3.8, 4) is 0 Å². The molecule has 5 rings (SSSR count). The molecule has 3 aromatic rings. The molecule has 0 unspecified atom stereocenters. The standard InChI is InChI=1S/C29H25N3O2/c33-28-19-29(31-22-12-6-5-7-13-22)32(24-14-8-1-2-9-15-24)27-18-23(30-20-26(27)28)21-34-25-16-10-3-4-11-17-25/h1-10,12-14,16-20,31H,11,15,21H2. The van der Waals surface area contributed by atoms with Gasteiger partial charge in [-0.15, -0.1) is 0 Å². The first kappa shape index (κ1) is 21.5. The topological polar surface area (TPSA) is 56.2 Å². The maximum absolute atomic E-state index is 13.1. The first-order valence-electron chi connectivity index (χ1n) is 11.3. The number of allylic oxidation sites excluding steroid dienone is 11. The minimum absolute atomic E-state index is 0.0783. The van der Waals surface area contributed by atoms with Crippen LogP contribution in [0.25, 0.3) is 16.6 Å². The molecule has 1 aromatic carbocycles. The number of rotatable bonds is 6. The molecule has 5 heteroatoms. The number of hydrogen-bond acceptors (Lipinski definition) is 4. The Bertz CT molecular complexity index is 1440. The fraction of sp³-hybridized carbons (Fsp3) is 0.103. The summed E-state index contributed by atoms with van der Waals surface area (Å²) >= 11 is 0. The number of fused-ring (bicyclic) bond motifs is 1. The molecule has 0 atom stereocenters. The van der Waals surface area contributed by atoms with Gasteiger partial charge >= 0.3 is 0 Å². The third-order valence-electron chi connectivity index (χ3n) is 5.61. The summed E-state index contributed by atoms with van der Waals surface area (Å²) in [5.41, 5.74) is 3.43. The van der Waals surface area contributed by atoms with Crippen LogP contribution in [0, 0.1) is 0 Å². The second-order valence-electron chi connectivity index (χ2n) is 8.01. The fourth-order valence-corrected chi connectivity index (χ4v) is 3.96. The highest BCUT2D eigenvalue weighted by molar-refractivity contribution is 5.86. The second kappa shape index (κ2) is 10.0. The van der Waals surface area contributed by atoms with Gasteiger partial charge in [-0.25, -0.2) is 0 Å². The van der Waals surface area contributed by atoms with Gasteiger partial charge in [0.05, 0.1) is 16.6 Å². The molecule has 1 N–H and O–H groups in total. The maximum atomic E-state index is 13.1. The van der Waals surface area contributed by atoms with Crippen LogP contribution in [-0.2, 0) is 11.3 Å². The van der Waals surface area contributed by atoms with Crippen molar-refractivity contribution < 1.29 is 4.74 Å². The van der Waals surface area contributed by atoms with E-state index in [-0.39, 0.29) is 5.43 Å². The normalized spacial score (nSPS) is 14.9. The SMILES string of the molecule is O=c1cc(Nc2ccccc2)n(C2=CC=CC=CC2)c2cc(COC3=CCC=CC=C3)ncc12. The van der Waals surface area contributed by atoms with Gasteiger partial charge in [0.25, 0.3) is 0 Å². The van der Waals surface area contributed by atoms with Gasteiger partial charge in [-0.1, -0.05) is 60.7 Å². The molecule has 0 aliphatic heterocycles. The number of nitrogens with zero attached hydrogens (tertiary/aromatic N) is 2. The summed E-state index contributed by atoms with van der Waals surface area (Å²) in [4.78, 5) is 17.6. The minimum atomic E-state index is -0.0783.